The Morgan fingerprint density at radius 1 is 1.27 bits per heavy atom. The summed E-state index contributed by atoms with van der Waals surface area (Å²) in [7, 11) is 1.66. The number of hydrogen-bond acceptors (Lipinski definition) is 2. The number of benzene rings is 1. The summed E-state index contributed by atoms with van der Waals surface area (Å²) in [6.07, 6.45) is -0.477. The molecule has 0 aliphatic carbocycles. The van der Waals surface area contributed by atoms with Crippen molar-refractivity contribution in [1.82, 2.24) is 0 Å². The lowest BCUT2D eigenvalue weighted by molar-refractivity contribution is 0.180. The molecular weight excluding hydrogens is 256 g/mol. The Bertz CT molecular complexity index is 348. The maximum atomic E-state index is 9.98. The smallest absolute Gasteiger partial charge is 0.122 e. The van der Waals surface area contributed by atoms with Gasteiger partial charge in [0.1, 0.15) is 5.75 Å². The molecule has 0 aliphatic heterocycles. The molecular formula is C12H17BrO2. The molecule has 1 aromatic carbocycles. The van der Waals surface area contributed by atoms with E-state index in [0.717, 1.165) is 22.4 Å². The van der Waals surface area contributed by atoms with Crippen LogP contribution in [0.3, 0.4) is 0 Å². The lowest BCUT2D eigenvalue weighted by atomic mass is 9.98. The second kappa shape index (κ2) is 4.99. The Morgan fingerprint density at radius 2 is 1.87 bits per heavy atom. The number of alkyl halides is 1. The van der Waals surface area contributed by atoms with Crippen molar-refractivity contribution in [2.45, 2.75) is 31.7 Å². The molecule has 1 N–H and O–H groups in total. The Morgan fingerprint density at radius 3 is 2.33 bits per heavy atom. The third kappa shape index (κ3) is 2.73. The van der Waals surface area contributed by atoms with Gasteiger partial charge in [0.25, 0.3) is 0 Å². The van der Waals surface area contributed by atoms with Gasteiger partial charge in [0.15, 0.2) is 0 Å². The van der Waals surface area contributed by atoms with Gasteiger partial charge in [0.2, 0.25) is 0 Å². The standard InChI is InChI=1S/C12H17BrO2/c1-7-6-11(15-4)8(2)5-10(7)12(14)9(3)13/h5-6,9,12,14H,1-4H3. The van der Waals surface area contributed by atoms with Crippen LogP contribution in [0.5, 0.6) is 5.75 Å². The lowest BCUT2D eigenvalue weighted by Gasteiger charge is -2.18. The highest BCUT2D eigenvalue weighted by atomic mass is 79.9. The van der Waals surface area contributed by atoms with Crippen LogP contribution >= 0.6 is 15.9 Å². The van der Waals surface area contributed by atoms with E-state index >= 15 is 0 Å². The first-order chi connectivity index (χ1) is 6.97. The molecule has 2 nitrogen and oxygen atoms in total. The highest BCUT2D eigenvalue weighted by molar-refractivity contribution is 9.09. The van der Waals surface area contributed by atoms with Crippen LogP contribution in [0.2, 0.25) is 0 Å². The molecule has 0 saturated heterocycles. The maximum Gasteiger partial charge on any atom is 0.122 e. The molecule has 0 aromatic heterocycles. The molecule has 15 heavy (non-hydrogen) atoms. The van der Waals surface area contributed by atoms with Crippen molar-refractivity contribution in [2.24, 2.45) is 0 Å². The van der Waals surface area contributed by atoms with E-state index in [2.05, 4.69) is 15.9 Å². The quantitative estimate of drug-likeness (QED) is 0.857. The molecule has 0 bridgehead atoms. The number of ether oxygens (including phenoxy) is 1. The molecule has 0 aliphatic rings. The highest BCUT2D eigenvalue weighted by Crippen LogP contribution is 2.30. The van der Waals surface area contributed by atoms with Crippen LogP contribution in [0.4, 0.5) is 0 Å². The molecule has 2 unspecified atom stereocenters. The minimum atomic E-state index is -0.477. The van der Waals surface area contributed by atoms with Gasteiger partial charge >= 0.3 is 0 Å². The van der Waals surface area contributed by atoms with Gasteiger partial charge in [-0.1, -0.05) is 15.9 Å². The van der Waals surface area contributed by atoms with E-state index in [-0.39, 0.29) is 4.83 Å². The molecule has 0 amide bonds. The third-order valence-electron chi connectivity index (χ3n) is 2.54. The van der Waals surface area contributed by atoms with E-state index < -0.39 is 6.10 Å². The summed E-state index contributed by atoms with van der Waals surface area (Å²) in [6.45, 7) is 5.90. The summed E-state index contributed by atoms with van der Waals surface area (Å²) >= 11 is 3.39. The summed E-state index contributed by atoms with van der Waals surface area (Å²) in [5, 5.41) is 9.98. The zero-order chi connectivity index (χ0) is 11.6. The fraction of sp³-hybridized carbons (Fsp3) is 0.500. The Kier molecular flexibility index (Phi) is 4.17. The summed E-state index contributed by atoms with van der Waals surface area (Å²) in [6, 6.07) is 3.94. The normalized spacial score (nSPS) is 14.8. The van der Waals surface area contributed by atoms with Crippen molar-refractivity contribution in [3.05, 3.63) is 28.8 Å². The zero-order valence-electron chi connectivity index (χ0n) is 9.54. The summed E-state index contributed by atoms with van der Waals surface area (Å²) in [4.78, 5) is 0.0454. The van der Waals surface area contributed by atoms with Gasteiger partial charge in [-0.15, -0.1) is 0 Å². The third-order valence-corrected chi connectivity index (χ3v) is 3.04. The minimum Gasteiger partial charge on any atom is -0.496 e. The number of methoxy groups -OCH3 is 1. The highest BCUT2D eigenvalue weighted by Gasteiger charge is 2.17. The maximum absolute atomic E-state index is 9.98. The van der Waals surface area contributed by atoms with Crippen LogP contribution < -0.4 is 4.74 Å². The monoisotopic (exact) mass is 272 g/mol. The molecule has 0 fully saturated rings. The van der Waals surface area contributed by atoms with Gasteiger partial charge in [-0.25, -0.2) is 0 Å². The number of aliphatic hydroxyl groups excluding tert-OH is 1. The van der Waals surface area contributed by atoms with Crippen molar-refractivity contribution in [3.63, 3.8) is 0 Å². The average Bonchev–Trinajstić information content (AvgIpc) is 2.19. The van der Waals surface area contributed by atoms with Crippen LogP contribution in [-0.4, -0.2) is 17.0 Å². The van der Waals surface area contributed by atoms with Crippen LogP contribution in [0, 0.1) is 13.8 Å². The van der Waals surface area contributed by atoms with Gasteiger partial charge < -0.3 is 9.84 Å². The van der Waals surface area contributed by atoms with Gasteiger partial charge in [-0.05, 0) is 49.6 Å². The lowest BCUT2D eigenvalue weighted by Crippen LogP contribution is -2.10. The number of aryl methyl sites for hydroxylation is 2. The van der Waals surface area contributed by atoms with Crippen molar-refractivity contribution >= 4 is 15.9 Å². The Hall–Kier alpha value is -0.540. The van der Waals surface area contributed by atoms with E-state index in [4.69, 9.17) is 4.74 Å². The second-order valence-corrected chi connectivity index (χ2v) is 5.25. The molecule has 84 valence electrons. The number of rotatable bonds is 3. The summed E-state index contributed by atoms with van der Waals surface area (Å²) in [5.74, 6) is 0.866. The van der Waals surface area contributed by atoms with Crippen LogP contribution in [-0.2, 0) is 0 Å². The SMILES string of the molecule is COc1cc(C)c(C(O)C(C)Br)cc1C. The largest absolute Gasteiger partial charge is 0.496 e. The Labute approximate surface area is 99.4 Å². The fourth-order valence-electron chi connectivity index (χ4n) is 1.60. The van der Waals surface area contributed by atoms with Crippen LogP contribution in [0.15, 0.2) is 12.1 Å². The molecule has 0 spiro atoms. The van der Waals surface area contributed by atoms with E-state index in [0.29, 0.717) is 0 Å². The first-order valence-corrected chi connectivity index (χ1v) is 5.86. The second-order valence-electron chi connectivity index (χ2n) is 3.80. The predicted molar refractivity (Wildman–Crippen MR) is 65.8 cm³/mol. The van der Waals surface area contributed by atoms with Crippen LogP contribution in [0.25, 0.3) is 0 Å². The molecule has 0 saturated carbocycles. The number of halogens is 1. The number of aliphatic hydroxyl groups is 1. The van der Waals surface area contributed by atoms with Crippen molar-refractivity contribution in [3.8, 4) is 5.75 Å². The van der Waals surface area contributed by atoms with E-state index in [1.165, 1.54) is 0 Å². The first-order valence-electron chi connectivity index (χ1n) is 4.94. The van der Waals surface area contributed by atoms with E-state index in [9.17, 15) is 5.11 Å². The van der Waals surface area contributed by atoms with Crippen molar-refractivity contribution < 1.29 is 9.84 Å². The fourth-order valence-corrected chi connectivity index (χ4v) is 1.88. The number of hydrogen-bond donors (Lipinski definition) is 1. The van der Waals surface area contributed by atoms with Crippen LogP contribution in [0.1, 0.15) is 29.7 Å². The minimum absolute atomic E-state index is 0.0454. The first kappa shape index (κ1) is 12.5. The van der Waals surface area contributed by atoms with Gasteiger partial charge in [0.05, 0.1) is 13.2 Å². The van der Waals surface area contributed by atoms with E-state index in [1.807, 2.05) is 32.9 Å². The predicted octanol–water partition coefficient (Wildman–Crippen LogP) is 3.13. The molecule has 2 atom stereocenters. The summed E-state index contributed by atoms with van der Waals surface area (Å²) < 4.78 is 5.23. The topological polar surface area (TPSA) is 29.5 Å². The molecule has 3 heteroatoms. The van der Waals surface area contributed by atoms with E-state index in [1.54, 1.807) is 7.11 Å². The average molecular weight is 273 g/mol. The summed E-state index contributed by atoms with van der Waals surface area (Å²) in [5.41, 5.74) is 3.05. The molecule has 0 heterocycles. The zero-order valence-corrected chi connectivity index (χ0v) is 11.1. The Balaban J connectivity index is 3.15. The molecule has 0 radical (unpaired) electrons. The van der Waals surface area contributed by atoms with Crippen molar-refractivity contribution in [2.75, 3.05) is 7.11 Å². The van der Waals surface area contributed by atoms with Gasteiger partial charge in [0, 0.05) is 4.83 Å². The van der Waals surface area contributed by atoms with Gasteiger partial charge in [-0.2, -0.15) is 0 Å². The molecule has 1 rings (SSSR count). The van der Waals surface area contributed by atoms with Gasteiger partial charge in [-0.3, -0.25) is 0 Å². The molecule has 1 aromatic rings. The van der Waals surface area contributed by atoms with Crippen molar-refractivity contribution in [1.29, 1.82) is 0 Å².